The van der Waals surface area contributed by atoms with E-state index in [1.165, 1.54) is 366 Å². The molecule has 546 valence electrons. The van der Waals surface area contributed by atoms with Crippen LogP contribution in [0.25, 0.3) is 0 Å². The zero-order valence-corrected chi connectivity index (χ0v) is 63.4. The first-order chi connectivity index (χ1) is 45.0. The Morgan fingerprint density at radius 1 is 0.337 bits per heavy atom. The molecular formula is C82H160NO8P. The fourth-order valence-corrected chi connectivity index (χ4v) is 13.4. The molecule has 0 rings (SSSR count). The van der Waals surface area contributed by atoms with Crippen LogP contribution in [-0.4, -0.2) is 70.0 Å². The highest BCUT2D eigenvalue weighted by Gasteiger charge is 2.22. The molecule has 0 fully saturated rings. The number of quaternary nitrogens is 1. The number of hydrogen-bond donors (Lipinski definition) is 0. The van der Waals surface area contributed by atoms with E-state index in [1.54, 1.807) is 0 Å². The number of phosphoric acid groups is 1. The van der Waals surface area contributed by atoms with E-state index in [0.29, 0.717) is 17.4 Å². The molecule has 0 spiro atoms. The van der Waals surface area contributed by atoms with Crippen LogP contribution in [0.1, 0.15) is 438 Å². The summed E-state index contributed by atoms with van der Waals surface area (Å²) in [7, 11) is 1.19. The predicted octanol–water partition coefficient (Wildman–Crippen LogP) is 26.5. The Morgan fingerprint density at radius 2 is 0.587 bits per heavy atom. The number of carbonyl (C=O) groups is 2. The number of rotatable bonds is 78. The molecule has 0 heterocycles. The third-order valence-electron chi connectivity index (χ3n) is 19.0. The fourth-order valence-electron chi connectivity index (χ4n) is 12.7. The molecule has 9 nitrogen and oxygen atoms in total. The molecule has 0 radical (unpaired) electrons. The maximum Gasteiger partial charge on any atom is 0.306 e. The van der Waals surface area contributed by atoms with Gasteiger partial charge in [-0.15, -0.1) is 0 Å². The quantitative estimate of drug-likeness (QED) is 0.0195. The van der Waals surface area contributed by atoms with Crippen LogP contribution < -0.4 is 4.89 Å². The van der Waals surface area contributed by atoms with Gasteiger partial charge in [0.1, 0.15) is 19.8 Å². The number of nitrogens with zero attached hydrogens (tertiary/aromatic N) is 1. The standard InChI is InChI=1S/C82H160NO8P/c1-6-8-10-12-14-16-18-20-22-24-26-28-30-32-34-36-38-40-41-43-44-46-48-50-52-54-56-58-60-62-64-66-68-70-72-74-81(84)88-78-80(79-90-92(86,87)89-77-76-83(3,4)5)91-82(85)75-73-71-69-67-65-63-61-59-57-55-53-51-49-47-45-42-39-37-35-33-31-29-27-25-23-21-19-17-15-13-11-9-7-2/h19,21,25,27,80H,6-18,20,22-24,26,28-79H2,1-5H3/b21-19-,27-25-. The van der Waals surface area contributed by atoms with Gasteiger partial charge in [-0.25, -0.2) is 0 Å². The molecule has 0 aromatic carbocycles. The normalized spacial score (nSPS) is 13.1. The molecular weight excluding hydrogens is 1160 g/mol. The van der Waals surface area contributed by atoms with Crippen LogP contribution in [0.15, 0.2) is 24.3 Å². The van der Waals surface area contributed by atoms with E-state index in [9.17, 15) is 19.0 Å². The summed E-state index contributed by atoms with van der Waals surface area (Å²) in [5, 5.41) is 0. The molecule has 0 N–H and O–H groups in total. The molecule has 10 heteroatoms. The lowest BCUT2D eigenvalue weighted by Gasteiger charge is -2.28. The number of allylic oxidation sites excluding steroid dienone is 4. The van der Waals surface area contributed by atoms with Gasteiger partial charge in [0, 0.05) is 12.8 Å². The number of ether oxygens (including phenoxy) is 2. The largest absolute Gasteiger partial charge is 0.756 e. The van der Waals surface area contributed by atoms with Crippen molar-refractivity contribution in [2.24, 2.45) is 0 Å². The summed E-state index contributed by atoms with van der Waals surface area (Å²) in [6, 6.07) is 0. The molecule has 0 bridgehead atoms. The molecule has 0 aliphatic rings. The maximum absolute atomic E-state index is 12.9. The maximum atomic E-state index is 12.9. The Morgan fingerprint density at radius 3 is 0.859 bits per heavy atom. The van der Waals surface area contributed by atoms with Gasteiger partial charge in [0.25, 0.3) is 7.82 Å². The summed E-state index contributed by atoms with van der Waals surface area (Å²) in [6.45, 7) is 4.32. The summed E-state index contributed by atoms with van der Waals surface area (Å²) in [6.07, 6.45) is 94.6. The third-order valence-corrected chi connectivity index (χ3v) is 19.9. The average molecular weight is 1320 g/mol. The lowest BCUT2D eigenvalue weighted by Crippen LogP contribution is -2.37. The molecule has 0 aromatic rings. The highest BCUT2D eigenvalue weighted by molar-refractivity contribution is 7.45. The van der Waals surface area contributed by atoms with Crippen molar-refractivity contribution in [3.8, 4) is 0 Å². The molecule has 2 atom stereocenters. The lowest BCUT2D eigenvalue weighted by molar-refractivity contribution is -0.870. The van der Waals surface area contributed by atoms with Gasteiger partial charge < -0.3 is 27.9 Å². The Hall–Kier alpha value is -1.51. The van der Waals surface area contributed by atoms with Gasteiger partial charge in [-0.3, -0.25) is 14.2 Å². The third kappa shape index (κ3) is 77.5. The van der Waals surface area contributed by atoms with Crippen molar-refractivity contribution < 1.29 is 42.1 Å². The average Bonchev–Trinajstić information content (AvgIpc) is 2.23. The van der Waals surface area contributed by atoms with Crippen molar-refractivity contribution in [1.29, 1.82) is 0 Å². The van der Waals surface area contributed by atoms with Crippen LogP contribution >= 0.6 is 7.82 Å². The highest BCUT2D eigenvalue weighted by atomic mass is 31.2. The number of likely N-dealkylation sites (N-methyl/N-ethyl adjacent to an activating group) is 1. The Bertz CT molecular complexity index is 1600. The minimum atomic E-state index is -4.64. The topological polar surface area (TPSA) is 111 Å². The predicted molar refractivity (Wildman–Crippen MR) is 398 cm³/mol. The molecule has 0 aromatic heterocycles. The number of esters is 2. The zero-order chi connectivity index (χ0) is 66.9. The van der Waals surface area contributed by atoms with E-state index >= 15 is 0 Å². The molecule has 0 aliphatic heterocycles. The van der Waals surface area contributed by atoms with Gasteiger partial charge in [-0.1, -0.05) is 404 Å². The fraction of sp³-hybridized carbons (Fsp3) is 0.927. The Labute approximate surface area is 574 Å². The van der Waals surface area contributed by atoms with Crippen LogP contribution in [0.2, 0.25) is 0 Å². The monoisotopic (exact) mass is 1320 g/mol. The number of carbonyl (C=O) groups excluding carboxylic acids is 2. The van der Waals surface area contributed by atoms with Crippen molar-refractivity contribution in [3.05, 3.63) is 24.3 Å². The van der Waals surface area contributed by atoms with Gasteiger partial charge in [0.15, 0.2) is 6.10 Å². The highest BCUT2D eigenvalue weighted by Crippen LogP contribution is 2.38. The van der Waals surface area contributed by atoms with Gasteiger partial charge in [-0.05, 0) is 44.9 Å². The molecule has 0 saturated heterocycles. The molecule has 2 unspecified atom stereocenters. The second kappa shape index (κ2) is 73.7. The van der Waals surface area contributed by atoms with Crippen LogP contribution in [0.3, 0.4) is 0 Å². The second-order valence-corrected chi connectivity index (χ2v) is 30.9. The smallest absolute Gasteiger partial charge is 0.306 e. The van der Waals surface area contributed by atoms with E-state index in [2.05, 4.69) is 38.2 Å². The van der Waals surface area contributed by atoms with E-state index in [1.807, 2.05) is 21.1 Å². The molecule has 0 aliphatic carbocycles. The molecule has 92 heavy (non-hydrogen) atoms. The summed E-state index contributed by atoms with van der Waals surface area (Å²) < 4.78 is 34.4. The zero-order valence-electron chi connectivity index (χ0n) is 62.5. The number of unbranched alkanes of at least 4 members (excludes halogenated alkanes) is 60. The van der Waals surface area contributed by atoms with Crippen LogP contribution in [-0.2, 0) is 32.7 Å². The van der Waals surface area contributed by atoms with Crippen molar-refractivity contribution in [2.75, 3.05) is 47.5 Å². The molecule has 0 saturated carbocycles. The minimum absolute atomic E-state index is 0.0263. The SMILES string of the molecule is CCCCCCC/C=C\C/C=C\CCCCCCCCCCCCCCCCCCCCCCCC(=O)OC(COC(=O)CCCCCCCCCCCCCCCCCCCCCCCCCCCCCCCCCCCCC)COP(=O)([O-])OCC[N+](C)(C)C. The van der Waals surface area contributed by atoms with Crippen molar-refractivity contribution in [2.45, 2.75) is 444 Å². The van der Waals surface area contributed by atoms with Crippen LogP contribution in [0, 0.1) is 0 Å². The second-order valence-electron chi connectivity index (χ2n) is 29.5. The van der Waals surface area contributed by atoms with E-state index in [-0.39, 0.29) is 32.0 Å². The van der Waals surface area contributed by atoms with Crippen LogP contribution in [0.5, 0.6) is 0 Å². The van der Waals surface area contributed by atoms with Crippen molar-refractivity contribution in [3.63, 3.8) is 0 Å². The van der Waals surface area contributed by atoms with Crippen LogP contribution in [0.4, 0.5) is 0 Å². The summed E-state index contributed by atoms with van der Waals surface area (Å²) in [4.78, 5) is 38.2. The minimum Gasteiger partial charge on any atom is -0.756 e. The van der Waals surface area contributed by atoms with Gasteiger partial charge >= 0.3 is 11.9 Å². The van der Waals surface area contributed by atoms with E-state index in [0.717, 1.165) is 38.5 Å². The summed E-state index contributed by atoms with van der Waals surface area (Å²) in [5.41, 5.74) is 0. The number of hydrogen-bond acceptors (Lipinski definition) is 8. The first-order valence-corrected chi connectivity index (χ1v) is 42.5. The first-order valence-electron chi connectivity index (χ1n) is 41.0. The number of phosphoric ester groups is 1. The first kappa shape index (κ1) is 90.5. The lowest BCUT2D eigenvalue weighted by atomic mass is 10.0. The van der Waals surface area contributed by atoms with Crippen molar-refractivity contribution in [1.82, 2.24) is 0 Å². The Kier molecular flexibility index (Phi) is 72.5. The van der Waals surface area contributed by atoms with Gasteiger partial charge in [-0.2, -0.15) is 0 Å². The van der Waals surface area contributed by atoms with Crippen molar-refractivity contribution >= 4 is 19.8 Å². The summed E-state index contributed by atoms with van der Waals surface area (Å²) in [5.74, 6) is -0.804. The molecule has 0 amide bonds. The summed E-state index contributed by atoms with van der Waals surface area (Å²) >= 11 is 0. The van der Waals surface area contributed by atoms with Gasteiger partial charge in [0.2, 0.25) is 0 Å². The van der Waals surface area contributed by atoms with E-state index in [4.69, 9.17) is 18.5 Å². The van der Waals surface area contributed by atoms with Gasteiger partial charge in [0.05, 0.1) is 27.7 Å². The van der Waals surface area contributed by atoms with E-state index < -0.39 is 26.5 Å². The Balaban J connectivity index is 3.88.